The van der Waals surface area contributed by atoms with Crippen molar-refractivity contribution >= 4 is 16.6 Å². The molecule has 1 saturated heterocycles. The summed E-state index contributed by atoms with van der Waals surface area (Å²) in [5.74, 6) is 0. The highest BCUT2D eigenvalue weighted by molar-refractivity contribution is 5.94. The molecule has 0 aliphatic carbocycles. The van der Waals surface area contributed by atoms with Gasteiger partial charge in [-0.1, -0.05) is 11.6 Å². The highest BCUT2D eigenvalue weighted by Gasteiger charge is 2.26. The number of hydrogen-bond donors (Lipinski definition) is 0. The summed E-state index contributed by atoms with van der Waals surface area (Å²) in [6, 6.07) is 8.22. The average molecular weight is 282 g/mol. The number of benzene rings is 1. The van der Waals surface area contributed by atoms with Gasteiger partial charge in [0, 0.05) is 18.5 Å². The smallest absolute Gasteiger partial charge is 0.187 e. The van der Waals surface area contributed by atoms with Crippen molar-refractivity contribution in [3.63, 3.8) is 0 Å². The quantitative estimate of drug-likeness (QED) is 0.804. The molecule has 0 N–H and O–H groups in total. The van der Waals surface area contributed by atoms with Crippen molar-refractivity contribution in [3.05, 3.63) is 29.5 Å². The molecular formula is C16H18N4O. The molecule has 0 bridgehead atoms. The molecule has 108 valence electrons. The highest BCUT2D eigenvalue weighted by atomic mass is 16.5. The first-order valence-electron chi connectivity index (χ1n) is 7.16. The van der Waals surface area contributed by atoms with E-state index < -0.39 is 0 Å². The zero-order chi connectivity index (χ0) is 15.0. The molecule has 0 spiro atoms. The zero-order valence-electron chi connectivity index (χ0n) is 12.5. The van der Waals surface area contributed by atoms with E-state index in [4.69, 9.17) is 4.74 Å². The molecule has 2 heterocycles. The van der Waals surface area contributed by atoms with Crippen LogP contribution in [-0.2, 0) is 4.74 Å². The fraction of sp³-hybridized carbons (Fsp3) is 0.438. The Bertz CT molecular complexity index is 712. The molecule has 0 saturated carbocycles. The molecule has 3 rings (SSSR count). The number of fused-ring (bicyclic) bond motifs is 1. The minimum absolute atomic E-state index is 0.133. The minimum Gasteiger partial charge on any atom is -0.372 e. The maximum Gasteiger partial charge on any atom is 0.187 e. The van der Waals surface area contributed by atoms with Gasteiger partial charge in [0.2, 0.25) is 0 Å². The number of anilines is 1. The Balaban J connectivity index is 2.19. The molecular weight excluding hydrogens is 264 g/mol. The molecule has 1 fully saturated rings. The highest BCUT2D eigenvalue weighted by Crippen LogP contribution is 2.30. The Morgan fingerprint density at radius 2 is 1.95 bits per heavy atom. The van der Waals surface area contributed by atoms with Gasteiger partial charge >= 0.3 is 0 Å². The van der Waals surface area contributed by atoms with Gasteiger partial charge in [-0.2, -0.15) is 5.26 Å². The number of nitriles is 1. The monoisotopic (exact) mass is 282 g/mol. The van der Waals surface area contributed by atoms with Gasteiger partial charge in [-0.15, -0.1) is 10.2 Å². The molecule has 2 aromatic rings. The molecule has 1 aromatic heterocycles. The van der Waals surface area contributed by atoms with Gasteiger partial charge in [0.25, 0.3) is 0 Å². The maximum atomic E-state index is 9.40. The normalized spacial score (nSPS) is 22.3. The lowest BCUT2D eigenvalue weighted by Gasteiger charge is -2.37. The molecule has 2 unspecified atom stereocenters. The second-order valence-corrected chi connectivity index (χ2v) is 5.69. The van der Waals surface area contributed by atoms with E-state index in [1.807, 2.05) is 19.1 Å². The van der Waals surface area contributed by atoms with E-state index in [1.165, 1.54) is 0 Å². The van der Waals surface area contributed by atoms with Crippen LogP contribution in [0.2, 0.25) is 0 Å². The van der Waals surface area contributed by atoms with Gasteiger partial charge in [0.15, 0.2) is 5.69 Å². The third kappa shape index (κ3) is 2.55. The largest absolute Gasteiger partial charge is 0.372 e. The van der Waals surface area contributed by atoms with Crippen LogP contribution in [0.4, 0.5) is 5.69 Å². The van der Waals surface area contributed by atoms with Crippen LogP contribution in [0.1, 0.15) is 25.1 Å². The average Bonchev–Trinajstić information content (AvgIpc) is 2.44. The Labute approximate surface area is 124 Å². The molecule has 2 atom stereocenters. The number of morpholine rings is 1. The van der Waals surface area contributed by atoms with Crippen LogP contribution in [0.25, 0.3) is 10.9 Å². The van der Waals surface area contributed by atoms with Crippen LogP contribution in [0.3, 0.4) is 0 Å². The first-order chi connectivity index (χ1) is 10.1. The fourth-order valence-corrected chi connectivity index (χ4v) is 2.96. The third-order valence-electron chi connectivity index (χ3n) is 3.73. The van der Waals surface area contributed by atoms with Gasteiger partial charge in [-0.3, -0.25) is 0 Å². The second-order valence-electron chi connectivity index (χ2n) is 5.69. The summed E-state index contributed by atoms with van der Waals surface area (Å²) in [4.78, 5) is 2.20. The summed E-state index contributed by atoms with van der Waals surface area (Å²) in [5, 5.41) is 18.6. The lowest BCUT2D eigenvalue weighted by Crippen LogP contribution is -2.46. The molecule has 1 aromatic carbocycles. The summed E-state index contributed by atoms with van der Waals surface area (Å²) in [5.41, 5.74) is 3.24. The molecule has 5 nitrogen and oxygen atoms in total. The molecule has 0 amide bonds. The summed E-state index contributed by atoms with van der Waals surface area (Å²) in [6.07, 6.45) is 0.265. The molecule has 1 aliphatic heterocycles. The molecule has 1 aliphatic rings. The van der Waals surface area contributed by atoms with Crippen LogP contribution < -0.4 is 4.90 Å². The Morgan fingerprint density at radius 1 is 1.24 bits per heavy atom. The van der Waals surface area contributed by atoms with Crippen molar-refractivity contribution < 1.29 is 4.74 Å². The van der Waals surface area contributed by atoms with E-state index in [-0.39, 0.29) is 12.2 Å². The van der Waals surface area contributed by atoms with Crippen molar-refractivity contribution in [2.24, 2.45) is 0 Å². The first-order valence-corrected chi connectivity index (χ1v) is 7.16. The van der Waals surface area contributed by atoms with Crippen molar-refractivity contribution in [2.45, 2.75) is 33.0 Å². The van der Waals surface area contributed by atoms with Crippen molar-refractivity contribution in [2.75, 3.05) is 18.0 Å². The van der Waals surface area contributed by atoms with E-state index in [2.05, 4.69) is 41.1 Å². The van der Waals surface area contributed by atoms with Crippen LogP contribution in [0.15, 0.2) is 18.2 Å². The van der Waals surface area contributed by atoms with Gasteiger partial charge in [-0.25, -0.2) is 0 Å². The summed E-state index contributed by atoms with van der Waals surface area (Å²) in [6.45, 7) is 7.66. The predicted molar refractivity (Wildman–Crippen MR) is 81.2 cm³/mol. The predicted octanol–water partition coefficient (Wildman–Crippen LogP) is 2.42. The lowest BCUT2D eigenvalue weighted by molar-refractivity contribution is -0.00516. The number of aromatic nitrogens is 2. The Morgan fingerprint density at radius 3 is 2.62 bits per heavy atom. The van der Waals surface area contributed by atoms with Gasteiger partial charge in [-0.05, 0) is 32.9 Å². The van der Waals surface area contributed by atoms with Gasteiger partial charge in [0.1, 0.15) is 6.07 Å². The summed E-state index contributed by atoms with van der Waals surface area (Å²) < 4.78 is 5.79. The first kappa shape index (κ1) is 13.8. The summed E-state index contributed by atoms with van der Waals surface area (Å²) in [7, 11) is 0. The van der Waals surface area contributed by atoms with E-state index in [9.17, 15) is 5.26 Å². The fourth-order valence-electron chi connectivity index (χ4n) is 2.96. The van der Waals surface area contributed by atoms with Crippen molar-refractivity contribution in [3.8, 4) is 6.07 Å². The number of rotatable bonds is 1. The van der Waals surface area contributed by atoms with E-state index in [0.29, 0.717) is 5.69 Å². The van der Waals surface area contributed by atoms with Crippen LogP contribution in [0.5, 0.6) is 0 Å². The van der Waals surface area contributed by atoms with Crippen molar-refractivity contribution in [1.82, 2.24) is 10.2 Å². The molecule has 21 heavy (non-hydrogen) atoms. The standard InChI is InChI=1S/C16H18N4O/c1-10-4-5-14-13(6-10)16(15(7-17)19-18-14)20-8-11(2)21-12(3)9-20/h4-6,11-12H,8-9H2,1-3H3. The number of ether oxygens (including phenoxy) is 1. The van der Waals surface area contributed by atoms with E-state index >= 15 is 0 Å². The van der Waals surface area contributed by atoms with Gasteiger partial charge in [0.05, 0.1) is 23.4 Å². The van der Waals surface area contributed by atoms with Gasteiger partial charge < -0.3 is 9.64 Å². The lowest BCUT2D eigenvalue weighted by atomic mass is 10.1. The van der Waals surface area contributed by atoms with Crippen LogP contribution in [0, 0.1) is 18.3 Å². The maximum absolute atomic E-state index is 9.40. The third-order valence-corrected chi connectivity index (χ3v) is 3.73. The number of aryl methyl sites for hydroxylation is 1. The zero-order valence-corrected chi connectivity index (χ0v) is 12.5. The Kier molecular flexibility index (Phi) is 3.48. The second kappa shape index (κ2) is 5.30. The van der Waals surface area contributed by atoms with Crippen LogP contribution in [-0.4, -0.2) is 35.5 Å². The number of hydrogen-bond acceptors (Lipinski definition) is 5. The van der Waals surface area contributed by atoms with E-state index in [0.717, 1.165) is 35.2 Å². The molecule has 0 radical (unpaired) electrons. The van der Waals surface area contributed by atoms with E-state index in [1.54, 1.807) is 0 Å². The number of nitrogens with zero attached hydrogens (tertiary/aromatic N) is 4. The SMILES string of the molecule is Cc1ccc2nnc(C#N)c(N3CC(C)OC(C)C3)c2c1. The van der Waals surface area contributed by atoms with Crippen LogP contribution >= 0.6 is 0 Å². The Hall–Kier alpha value is -2.19. The minimum atomic E-state index is 0.133. The molecule has 5 heteroatoms. The van der Waals surface area contributed by atoms with Crippen molar-refractivity contribution in [1.29, 1.82) is 5.26 Å². The topological polar surface area (TPSA) is 62.0 Å². The summed E-state index contributed by atoms with van der Waals surface area (Å²) >= 11 is 0.